The van der Waals surface area contributed by atoms with E-state index in [4.69, 9.17) is 10.7 Å². The largest absolute Gasteiger partial charge is 0.371 e. The quantitative estimate of drug-likeness (QED) is 0.265. The minimum absolute atomic E-state index is 0.0616. The van der Waals surface area contributed by atoms with E-state index in [1.165, 1.54) is 4.57 Å². The molecule has 0 aliphatic carbocycles. The number of nitrogens with zero attached hydrogens (tertiary/aromatic N) is 4. The molecule has 1 atom stereocenters. The van der Waals surface area contributed by atoms with Gasteiger partial charge in [-0.2, -0.15) is 0 Å². The van der Waals surface area contributed by atoms with E-state index in [-0.39, 0.29) is 35.0 Å². The summed E-state index contributed by atoms with van der Waals surface area (Å²) < 4.78 is 1.52. The van der Waals surface area contributed by atoms with Crippen LogP contribution in [0, 0.1) is 18.8 Å². The molecular weight excluding hydrogens is 552 g/mol. The lowest BCUT2D eigenvalue weighted by atomic mass is 9.97. The van der Waals surface area contributed by atoms with Gasteiger partial charge in [0.05, 0.1) is 11.6 Å². The summed E-state index contributed by atoms with van der Waals surface area (Å²) in [7, 11) is 1.70. The minimum Gasteiger partial charge on any atom is -0.371 e. The molecule has 1 unspecified atom stereocenters. The number of anilines is 4. The Bertz CT molecular complexity index is 1700. The zero-order valence-corrected chi connectivity index (χ0v) is 25.8. The zero-order chi connectivity index (χ0) is 31.4. The third-order valence-electron chi connectivity index (χ3n) is 8.08. The summed E-state index contributed by atoms with van der Waals surface area (Å²) in [6.07, 6.45) is 3.45. The lowest BCUT2D eigenvalue weighted by molar-refractivity contribution is -0.122. The van der Waals surface area contributed by atoms with Crippen LogP contribution in [0.4, 0.5) is 22.9 Å². The molecule has 44 heavy (non-hydrogen) atoms. The third kappa shape index (κ3) is 6.67. The molecule has 9 heteroatoms. The lowest BCUT2D eigenvalue weighted by Crippen LogP contribution is -2.41. The van der Waals surface area contributed by atoms with Gasteiger partial charge in [0.1, 0.15) is 0 Å². The number of nitrogens with two attached hydrogens (primary N) is 1. The van der Waals surface area contributed by atoms with Crippen LogP contribution >= 0.6 is 0 Å². The van der Waals surface area contributed by atoms with Crippen molar-refractivity contribution in [3.05, 3.63) is 100 Å². The molecule has 1 saturated heterocycles. The Hall–Kier alpha value is -4.92. The smallest absolute Gasteiger partial charge is 0.293 e. The normalized spacial score (nSPS) is 14.8. The minimum atomic E-state index is -0.258. The topological polar surface area (TPSA) is 114 Å². The summed E-state index contributed by atoms with van der Waals surface area (Å²) >= 11 is 0. The second-order valence-electron chi connectivity index (χ2n) is 11.9. The summed E-state index contributed by atoms with van der Waals surface area (Å²) in [4.78, 5) is 47.2. The van der Waals surface area contributed by atoms with Crippen LogP contribution in [0.2, 0.25) is 0 Å². The molecule has 2 heterocycles. The van der Waals surface area contributed by atoms with Crippen LogP contribution in [-0.2, 0) is 11.8 Å². The average Bonchev–Trinajstić information content (AvgIpc) is 3.02. The first-order valence-electron chi connectivity index (χ1n) is 15.1. The van der Waals surface area contributed by atoms with Gasteiger partial charge in [-0.1, -0.05) is 44.2 Å². The fourth-order valence-corrected chi connectivity index (χ4v) is 5.74. The molecule has 4 aromatic rings. The predicted molar refractivity (Wildman–Crippen MR) is 176 cm³/mol. The van der Waals surface area contributed by atoms with Gasteiger partial charge in [0.15, 0.2) is 5.82 Å². The number of hydrogen-bond acceptors (Lipinski definition) is 6. The van der Waals surface area contributed by atoms with Crippen molar-refractivity contribution < 1.29 is 9.59 Å². The highest BCUT2D eigenvalue weighted by Gasteiger charge is 2.25. The van der Waals surface area contributed by atoms with Gasteiger partial charge >= 0.3 is 0 Å². The van der Waals surface area contributed by atoms with Crippen LogP contribution in [-0.4, -0.2) is 41.0 Å². The maximum absolute atomic E-state index is 13.6. The van der Waals surface area contributed by atoms with Crippen LogP contribution in [0.1, 0.15) is 42.6 Å². The van der Waals surface area contributed by atoms with Crippen LogP contribution in [0.15, 0.2) is 83.8 Å². The monoisotopic (exact) mass is 592 g/mol. The first kappa shape index (κ1) is 30.5. The van der Waals surface area contributed by atoms with E-state index in [2.05, 4.69) is 24.1 Å². The number of aromatic nitrogens is 2. The fraction of sp³-hybridized carbons (Fsp3) is 0.314. The second-order valence-corrected chi connectivity index (χ2v) is 11.9. The molecule has 3 N–H and O–H groups in total. The molecular formula is C35H40N6O3. The Kier molecular flexibility index (Phi) is 9.13. The van der Waals surface area contributed by atoms with E-state index in [9.17, 15) is 14.4 Å². The number of rotatable bonds is 9. The molecule has 0 saturated carbocycles. The first-order chi connectivity index (χ1) is 21.1. The highest BCUT2D eigenvalue weighted by atomic mass is 16.2. The van der Waals surface area contributed by atoms with E-state index < -0.39 is 0 Å². The molecule has 0 bridgehead atoms. The summed E-state index contributed by atoms with van der Waals surface area (Å²) in [5, 5.41) is 3.20. The van der Waals surface area contributed by atoms with E-state index in [0.717, 1.165) is 47.6 Å². The van der Waals surface area contributed by atoms with Crippen molar-refractivity contribution >= 4 is 34.7 Å². The molecule has 0 radical (unpaired) electrons. The Balaban J connectivity index is 1.43. The average molecular weight is 593 g/mol. The van der Waals surface area contributed by atoms with Crippen LogP contribution in [0.5, 0.6) is 0 Å². The molecule has 228 valence electrons. The summed E-state index contributed by atoms with van der Waals surface area (Å²) in [6.45, 7) is 8.20. The molecule has 1 fully saturated rings. The Morgan fingerprint density at radius 1 is 1.05 bits per heavy atom. The molecule has 0 spiro atoms. The van der Waals surface area contributed by atoms with Gasteiger partial charge in [-0.25, -0.2) is 4.98 Å². The van der Waals surface area contributed by atoms with E-state index in [1.807, 2.05) is 84.6 Å². The number of amides is 2. The molecule has 2 amide bonds. The van der Waals surface area contributed by atoms with Crippen molar-refractivity contribution in [1.82, 2.24) is 9.55 Å². The van der Waals surface area contributed by atoms with Crippen molar-refractivity contribution in [2.24, 2.45) is 24.6 Å². The first-order valence-corrected chi connectivity index (χ1v) is 15.1. The highest BCUT2D eigenvalue weighted by molar-refractivity contribution is 6.07. The van der Waals surface area contributed by atoms with Crippen molar-refractivity contribution in [3.8, 4) is 11.3 Å². The zero-order valence-electron chi connectivity index (χ0n) is 25.8. The summed E-state index contributed by atoms with van der Waals surface area (Å²) in [5.41, 5.74) is 10.8. The molecule has 1 aromatic heterocycles. The number of piperidine rings is 1. The van der Waals surface area contributed by atoms with Crippen molar-refractivity contribution in [3.63, 3.8) is 0 Å². The van der Waals surface area contributed by atoms with Gasteiger partial charge in [-0.15, -0.1) is 0 Å². The van der Waals surface area contributed by atoms with Gasteiger partial charge < -0.3 is 25.4 Å². The maximum atomic E-state index is 13.6. The number of nitrogens with one attached hydrogen (secondary N) is 1. The van der Waals surface area contributed by atoms with Crippen molar-refractivity contribution in [1.29, 1.82) is 0 Å². The van der Waals surface area contributed by atoms with Crippen LogP contribution in [0.25, 0.3) is 11.3 Å². The number of hydrogen-bond donors (Lipinski definition) is 2. The van der Waals surface area contributed by atoms with E-state index in [0.29, 0.717) is 24.3 Å². The van der Waals surface area contributed by atoms with Gasteiger partial charge in [0.25, 0.3) is 11.5 Å². The van der Waals surface area contributed by atoms with E-state index >= 15 is 0 Å². The van der Waals surface area contributed by atoms with Crippen molar-refractivity contribution in [2.75, 3.05) is 34.8 Å². The molecule has 3 aromatic carbocycles. The Morgan fingerprint density at radius 3 is 2.45 bits per heavy atom. The van der Waals surface area contributed by atoms with Gasteiger partial charge in [-0.3, -0.25) is 14.4 Å². The van der Waals surface area contributed by atoms with Gasteiger partial charge in [0.2, 0.25) is 5.91 Å². The molecule has 1 aliphatic heterocycles. The van der Waals surface area contributed by atoms with Gasteiger partial charge in [0, 0.05) is 61.1 Å². The number of carbonyl (C=O) groups excluding carboxylic acids is 2. The molecule has 9 nitrogen and oxygen atoms in total. The highest BCUT2D eigenvalue weighted by Crippen LogP contribution is 2.32. The second kappa shape index (κ2) is 13.2. The SMILES string of the molecule is Cc1c(-c2cn(C)c(=O)c(Nc3ccc(N4CCCC(C(N)=O)C4)cc3)n2)cccc1N(CC(C)C)C(=O)c1ccccc1. The summed E-state index contributed by atoms with van der Waals surface area (Å²) in [6, 6.07) is 22.9. The maximum Gasteiger partial charge on any atom is 0.293 e. The predicted octanol–water partition coefficient (Wildman–Crippen LogP) is 5.50. The number of carbonyl (C=O) groups is 2. The lowest BCUT2D eigenvalue weighted by Gasteiger charge is -2.33. The third-order valence-corrected chi connectivity index (χ3v) is 8.08. The fourth-order valence-electron chi connectivity index (χ4n) is 5.74. The Labute approximate surface area is 258 Å². The summed E-state index contributed by atoms with van der Waals surface area (Å²) in [5.74, 6) is -0.0105. The molecule has 1 aliphatic rings. The van der Waals surface area contributed by atoms with Crippen molar-refractivity contribution in [2.45, 2.75) is 33.6 Å². The number of benzene rings is 3. The Morgan fingerprint density at radius 2 is 1.77 bits per heavy atom. The van der Waals surface area contributed by atoms with Crippen LogP contribution < -0.4 is 26.4 Å². The standard InChI is InChI=1S/C35H40N6O3/c1-23(2)20-41(34(43)25-10-6-5-7-11-25)31-14-8-13-29(24(31)3)30-22-39(4)35(44)33(38-30)37-27-15-17-28(18-16-27)40-19-9-12-26(21-40)32(36)42/h5-8,10-11,13-18,22-23,26H,9,12,19-21H2,1-4H3,(H2,36,42)(H,37,38). The molecule has 5 rings (SSSR count). The van der Waals surface area contributed by atoms with Gasteiger partial charge in [-0.05, 0) is 73.7 Å². The number of aryl methyl sites for hydroxylation is 1. The number of primary amides is 1. The van der Waals surface area contributed by atoms with E-state index in [1.54, 1.807) is 13.2 Å². The van der Waals surface area contributed by atoms with Crippen LogP contribution in [0.3, 0.4) is 0 Å².